The summed E-state index contributed by atoms with van der Waals surface area (Å²) in [6, 6.07) is 16.6. The average Bonchev–Trinajstić information content (AvgIpc) is 2.98. The zero-order chi connectivity index (χ0) is 19.0. The van der Waals surface area contributed by atoms with Gasteiger partial charge in [-0.3, -0.25) is 4.79 Å². The Morgan fingerprint density at radius 1 is 1.15 bits per heavy atom. The molecular weight excluding hydrogens is 360 g/mol. The molecule has 2 aliphatic heterocycles. The van der Waals surface area contributed by atoms with Gasteiger partial charge in [-0.25, -0.2) is 0 Å². The van der Waals surface area contributed by atoms with Crippen molar-refractivity contribution in [3.8, 4) is 11.5 Å². The lowest BCUT2D eigenvalue weighted by Crippen LogP contribution is -2.42. The molecule has 2 unspecified atom stereocenters. The van der Waals surface area contributed by atoms with E-state index in [0.29, 0.717) is 23.6 Å². The normalized spacial score (nSPS) is 21.9. The van der Waals surface area contributed by atoms with Crippen molar-refractivity contribution in [2.45, 2.75) is 12.3 Å². The summed E-state index contributed by atoms with van der Waals surface area (Å²) in [5, 5.41) is 13.7. The molecule has 2 atom stereocenters. The van der Waals surface area contributed by atoms with Gasteiger partial charge in [0.1, 0.15) is 17.3 Å². The van der Waals surface area contributed by atoms with E-state index < -0.39 is 0 Å². The predicted molar refractivity (Wildman–Crippen MR) is 107 cm³/mol. The Kier molecular flexibility index (Phi) is 4.68. The summed E-state index contributed by atoms with van der Waals surface area (Å²) in [6.07, 6.45) is 0. The Hall–Kier alpha value is -2.70. The van der Waals surface area contributed by atoms with E-state index in [9.17, 15) is 9.90 Å². The second-order valence-electron chi connectivity index (χ2n) is 6.50. The maximum Gasteiger partial charge on any atom is 0.256 e. The van der Waals surface area contributed by atoms with Crippen LogP contribution >= 0.6 is 11.8 Å². The molecule has 4 rings (SSSR count). The number of fused-ring (bicyclic) bond motifs is 1. The topological polar surface area (TPSA) is 84.6 Å². The van der Waals surface area contributed by atoms with Gasteiger partial charge in [0, 0.05) is 11.4 Å². The summed E-state index contributed by atoms with van der Waals surface area (Å²) < 4.78 is 5.86. The molecule has 0 saturated carbocycles. The molecule has 0 radical (unpaired) electrons. The Morgan fingerprint density at radius 2 is 1.89 bits per heavy atom. The number of rotatable bonds is 4. The van der Waals surface area contributed by atoms with Crippen LogP contribution in [-0.2, 0) is 4.79 Å². The molecule has 0 aliphatic carbocycles. The third-order valence-electron chi connectivity index (χ3n) is 4.82. The molecule has 138 valence electrons. The lowest BCUT2D eigenvalue weighted by Gasteiger charge is -2.29. The van der Waals surface area contributed by atoms with Crippen molar-refractivity contribution in [3.63, 3.8) is 0 Å². The summed E-state index contributed by atoms with van der Waals surface area (Å²) in [6.45, 7) is 2.36. The largest absolute Gasteiger partial charge is 0.511 e. The number of ether oxygens (including phenoxy) is 1. The fourth-order valence-electron chi connectivity index (χ4n) is 3.48. The van der Waals surface area contributed by atoms with Gasteiger partial charge in [-0.15, -0.1) is 11.8 Å². The number of nitrogens with one attached hydrogen (secondary N) is 1. The van der Waals surface area contributed by atoms with E-state index in [1.54, 1.807) is 12.1 Å². The number of aliphatic hydroxyl groups excluding tert-OH is 1. The lowest BCUT2D eigenvalue weighted by atomic mass is 9.88. The molecule has 2 heterocycles. The third-order valence-corrected chi connectivity index (χ3v) is 6.23. The zero-order valence-electron chi connectivity index (χ0n) is 14.8. The number of thioether (sulfide) groups is 1. The predicted octanol–water partition coefficient (Wildman–Crippen LogP) is 3.80. The highest BCUT2D eigenvalue weighted by molar-refractivity contribution is 8.04. The van der Waals surface area contributed by atoms with Crippen LogP contribution in [-0.4, -0.2) is 22.9 Å². The van der Waals surface area contributed by atoms with Crippen molar-refractivity contribution >= 4 is 23.2 Å². The van der Waals surface area contributed by atoms with Gasteiger partial charge < -0.3 is 20.9 Å². The van der Waals surface area contributed by atoms with E-state index in [0.717, 1.165) is 10.5 Å². The van der Waals surface area contributed by atoms with Crippen molar-refractivity contribution in [2.24, 2.45) is 11.7 Å². The van der Waals surface area contributed by atoms with Crippen molar-refractivity contribution in [1.82, 2.24) is 5.32 Å². The lowest BCUT2D eigenvalue weighted by molar-refractivity contribution is -0.116. The maximum atomic E-state index is 12.7. The quantitative estimate of drug-likeness (QED) is 0.751. The summed E-state index contributed by atoms with van der Waals surface area (Å²) in [5.41, 5.74) is 7.71. The number of carbonyl (C=O) groups is 1. The molecule has 4 N–H and O–H groups in total. The summed E-state index contributed by atoms with van der Waals surface area (Å²) in [7, 11) is 0. The zero-order valence-corrected chi connectivity index (χ0v) is 15.6. The molecule has 27 heavy (non-hydrogen) atoms. The molecule has 0 aromatic heterocycles. The third kappa shape index (κ3) is 3.22. The molecule has 0 bridgehead atoms. The van der Waals surface area contributed by atoms with Gasteiger partial charge in [0.25, 0.3) is 5.91 Å². The minimum Gasteiger partial charge on any atom is -0.511 e. The van der Waals surface area contributed by atoms with Gasteiger partial charge in [-0.1, -0.05) is 30.3 Å². The summed E-state index contributed by atoms with van der Waals surface area (Å²) in [5.74, 6) is 0.863. The fourth-order valence-corrected chi connectivity index (χ4v) is 4.83. The van der Waals surface area contributed by atoms with Crippen LogP contribution in [0.5, 0.6) is 11.5 Å². The van der Waals surface area contributed by atoms with E-state index in [1.165, 1.54) is 11.8 Å². The van der Waals surface area contributed by atoms with E-state index in [4.69, 9.17) is 10.5 Å². The molecule has 2 aliphatic rings. The highest BCUT2D eigenvalue weighted by Crippen LogP contribution is 2.47. The highest BCUT2D eigenvalue weighted by atomic mass is 32.2. The molecule has 0 saturated heterocycles. The Labute approximate surface area is 161 Å². The SMILES string of the molecule is CC1=C(CN)SC2NC(=O)C(c3cccc(Oc4ccccc4)c3)=C(O)C12. The first-order chi connectivity index (χ1) is 13.1. The van der Waals surface area contributed by atoms with E-state index in [2.05, 4.69) is 5.32 Å². The first-order valence-corrected chi connectivity index (χ1v) is 9.60. The minimum atomic E-state index is -0.288. The molecule has 2 aromatic rings. The van der Waals surface area contributed by atoms with Crippen molar-refractivity contribution < 1.29 is 14.6 Å². The Morgan fingerprint density at radius 3 is 2.63 bits per heavy atom. The van der Waals surface area contributed by atoms with Crippen LogP contribution in [0.15, 0.2) is 70.8 Å². The fraction of sp³-hybridized carbons (Fsp3) is 0.190. The highest BCUT2D eigenvalue weighted by Gasteiger charge is 2.42. The van der Waals surface area contributed by atoms with Crippen LogP contribution in [0.1, 0.15) is 12.5 Å². The Balaban J connectivity index is 1.71. The van der Waals surface area contributed by atoms with Crippen LogP contribution in [0.2, 0.25) is 0 Å². The van der Waals surface area contributed by atoms with Crippen LogP contribution < -0.4 is 15.8 Å². The number of hydrogen-bond acceptors (Lipinski definition) is 5. The van der Waals surface area contributed by atoms with Gasteiger partial charge in [-0.05, 0) is 42.3 Å². The maximum absolute atomic E-state index is 12.7. The van der Waals surface area contributed by atoms with E-state index >= 15 is 0 Å². The number of benzene rings is 2. The Bertz CT molecular complexity index is 953. The van der Waals surface area contributed by atoms with Gasteiger partial charge in [0.2, 0.25) is 0 Å². The second kappa shape index (κ2) is 7.13. The van der Waals surface area contributed by atoms with Crippen molar-refractivity contribution in [2.75, 3.05) is 6.54 Å². The summed E-state index contributed by atoms with van der Waals surface area (Å²) >= 11 is 1.52. The minimum absolute atomic E-state index is 0.0917. The van der Waals surface area contributed by atoms with Gasteiger partial charge in [0.15, 0.2) is 0 Å². The number of nitrogens with two attached hydrogens (primary N) is 1. The second-order valence-corrected chi connectivity index (χ2v) is 7.74. The number of carbonyl (C=O) groups excluding carboxylic acids is 1. The molecular formula is C21H20N2O3S. The smallest absolute Gasteiger partial charge is 0.256 e. The van der Waals surface area contributed by atoms with E-state index in [-0.39, 0.29) is 28.5 Å². The molecule has 0 fully saturated rings. The van der Waals surface area contributed by atoms with Crippen LogP contribution in [0.3, 0.4) is 0 Å². The van der Waals surface area contributed by atoms with Crippen molar-refractivity contribution in [3.05, 3.63) is 76.4 Å². The monoisotopic (exact) mass is 380 g/mol. The van der Waals surface area contributed by atoms with Crippen LogP contribution in [0, 0.1) is 5.92 Å². The van der Waals surface area contributed by atoms with E-state index in [1.807, 2.05) is 49.4 Å². The van der Waals surface area contributed by atoms with Crippen molar-refractivity contribution in [1.29, 1.82) is 0 Å². The standard InChI is InChI=1S/C21H20N2O3S/c1-12-16(11-22)27-21-17(12)19(24)18(20(25)23-21)13-6-5-9-15(10-13)26-14-7-3-2-4-8-14/h2-10,17,21,24H,11,22H2,1H3,(H,23,25). The number of para-hydroxylation sites is 1. The number of aliphatic hydroxyl groups is 1. The molecule has 0 spiro atoms. The number of hydrogen-bond donors (Lipinski definition) is 3. The first-order valence-electron chi connectivity index (χ1n) is 8.72. The van der Waals surface area contributed by atoms with Crippen LogP contribution in [0.25, 0.3) is 5.57 Å². The van der Waals surface area contributed by atoms with Gasteiger partial charge in [-0.2, -0.15) is 0 Å². The van der Waals surface area contributed by atoms with Gasteiger partial charge >= 0.3 is 0 Å². The van der Waals surface area contributed by atoms with Gasteiger partial charge in [0.05, 0.1) is 16.9 Å². The molecule has 5 nitrogen and oxygen atoms in total. The molecule has 1 amide bonds. The first kappa shape index (κ1) is 17.7. The van der Waals surface area contributed by atoms with Crippen LogP contribution in [0.4, 0.5) is 0 Å². The number of amides is 1. The molecule has 2 aromatic carbocycles. The average molecular weight is 380 g/mol. The summed E-state index contributed by atoms with van der Waals surface area (Å²) in [4.78, 5) is 13.7. The molecule has 6 heteroatoms.